The number of benzene rings is 4. The lowest BCUT2D eigenvalue weighted by molar-refractivity contribution is -0.253. The fourth-order valence-electron chi connectivity index (χ4n) is 4.69. The molecule has 1 unspecified atom stereocenters. The van der Waals surface area contributed by atoms with E-state index in [0.717, 1.165) is 25.3 Å². The molecular weight excluding hydrogens is 633 g/mol. The standard InChI is InChI=1S/C32H22F9NO4/c1-45-28(44)19-7-10-21(11-8-19)30(17-18-5-3-2-4-6-18,22-14-23(33)16-24(15-22)46-32(40,41)29(35)36)42-27(43)20-9-12-26(34)25(13-20)31(37,38)39/h2-16,29H,17H2,1H3,(H,42,43). The number of rotatable bonds is 10. The van der Waals surface area contributed by atoms with Gasteiger partial charge in [0.05, 0.1) is 23.8 Å². The maximum atomic E-state index is 15.0. The van der Waals surface area contributed by atoms with Crippen LogP contribution in [-0.2, 0) is 22.9 Å². The quantitative estimate of drug-likeness (QED) is 0.139. The molecular formula is C32H22F9NO4. The van der Waals surface area contributed by atoms with Gasteiger partial charge in [-0.2, -0.15) is 30.7 Å². The number of amides is 1. The lowest BCUT2D eigenvalue weighted by Crippen LogP contribution is -2.49. The van der Waals surface area contributed by atoms with Crippen LogP contribution in [0.4, 0.5) is 39.5 Å². The van der Waals surface area contributed by atoms with Crippen LogP contribution < -0.4 is 10.1 Å². The van der Waals surface area contributed by atoms with E-state index in [-0.39, 0.29) is 29.2 Å². The molecule has 0 saturated carbocycles. The Morgan fingerprint density at radius 1 is 0.783 bits per heavy atom. The van der Waals surface area contributed by atoms with Gasteiger partial charge in [0, 0.05) is 18.1 Å². The third-order valence-electron chi connectivity index (χ3n) is 6.84. The SMILES string of the molecule is COC(=O)c1ccc(C(Cc2ccccc2)(NC(=O)c2ccc(F)c(C(F)(F)F)c2)c2cc(F)cc(OC(F)(F)C(F)F)c2)cc1. The Balaban J connectivity index is 1.98. The maximum absolute atomic E-state index is 15.0. The first-order chi connectivity index (χ1) is 21.6. The van der Waals surface area contributed by atoms with Crippen molar-refractivity contribution in [3.63, 3.8) is 0 Å². The highest BCUT2D eigenvalue weighted by molar-refractivity contribution is 5.95. The summed E-state index contributed by atoms with van der Waals surface area (Å²) >= 11 is 0. The number of methoxy groups -OCH3 is 1. The van der Waals surface area contributed by atoms with E-state index < -0.39 is 64.6 Å². The molecule has 46 heavy (non-hydrogen) atoms. The van der Waals surface area contributed by atoms with Gasteiger partial charge in [-0.15, -0.1) is 0 Å². The lowest BCUT2D eigenvalue weighted by atomic mass is 9.77. The van der Waals surface area contributed by atoms with Crippen LogP contribution in [-0.4, -0.2) is 31.5 Å². The number of nitrogens with one attached hydrogen (secondary N) is 1. The second-order valence-electron chi connectivity index (χ2n) is 9.92. The van der Waals surface area contributed by atoms with Gasteiger partial charge in [0.1, 0.15) is 17.4 Å². The monoisotopic (exact) mass is 655 g/mol. The number of ether oxygens (including phenoxy) is 2. The van der Waals surface area contributed by atoms with Crippen LogP contribution in [0.5, 0.6) is 5.75 Å². The highest BCUT2D eigenvalue weighted by Gasteiger charge is 2.45. The van der Waals surface area contributed by atoms with E-state index in [0.29, 0.717) is 17.7 Å². The van der Waals surface area contributed by atoms with Crippen molar-refractivity contribution in [3.05, 3.63) is 136 Å². The molecule has 4 aromatic rings. The van der Waals surface area contributed by atoms with Crippen LogP contribution in [0.25, 0.3) is 0 Å². The molecule has 14 heteroatoms. The van der Waals surface area contributed by atoms with Crippen LogP contribution in [0.2, 0.25) is 0 Å². The molecule has 5 nitrogen and oxygen atoms in total. The van der Waals surface area contributed by atoms with Gasteiger partial charge in [0.2, 0.25) is 0 Å². The number of carbonyl (C=O) groups excluding carboxylic acids is 2. The third kappa shape index (κ3) is 7.44. The van der Waals surface area contributed by atoms with Crippen LogP contribution in [0.3, 0.4) is 0 Å². The molecule has 1 amide bonds. The summed E-state index contributed by atoms with van der Waals surface area (Å²) in [5, 5.41) is 2.53. The molecule has 242 valence electrons. The highest BCUT2D eigenvalue weighted by atomic mass is 19.4. The van der Waals surface area contributed by atoms with Crippen LogP contribution in [0, 0.1) is 11.6 Å². The molecule has 1 N–H and O–H groups in total. The summed E-state index contributed by atoms with van der Waals surface area (Å²) in [5.74, 6) is -6.02. The summed E-state index contributed by atoms with van der Waals surface area (Å²) < 4.78 is 132. The number of carbonyl (C=O) groups is 2. The van der Waals surface area contributed by atoms with Gasteiger partial charge in [0.25, 0.3) is 5.91 Å². The summed E-state index contributed by atoms with van der Waals surface area (Å²) in [4.78, 5) is 25.8. The van der Waals surface area contributed by atoms with Crippen molar-refractivity contribution in [3.8, 4) is 5.75 Å². The summed E-state index contributed by atoms with van der Waals surface area (Å²) in [6.45, 7) is 0. The first-order valence-electron chi connectivity index (χ1n) is 13.1. The molecule has 0 aliphatic heterocycles. The largest absolute Gasteiger partial charge is 0.465 e. The van der Waals surface area contributed by atoms with Crippen molar-refractivity contribution in [2.24, 2.45) is 0 Å². The smallest absolute Gasteiger partial charge is 0.461 e. The van der Waals surface area contributed by atoms with E-state index >= 15 is 4.39 Å². The Morgan fingerprint density at radius 2 is 1.41 bits per heavy atom. The molecule has 4 aromatic carbocycles. The van der Waals surface area contributed by atoms with Crippen molar-refractivity contribution < 1.29 is 58.6 Å². The molecule has 0 bridgehead atoms. The molecule has 0 radical (unpaired) electrons. The number of alkyl halides is 7. The van der Waals surface area contributed by atoms with E-state index in [1.54, 1.807) is 30.3 Å². The highest BCUT2D eigenvalue weighted by Crippen LogP contribution is 2.39. The Bertz CT molecular complexity index is 1710. The minimum absolute atomic E-state index is 0.0133. The van der Waals surface area contributed by atoms with Crippen molar-refractivity contribution in [2.75, 3.05) is 7.11 Å². The minimum Gasteiger partial charge on any atom is -0.465 e. The normalized spacial score (nSPS) is 13.2. The predicted octanol–water partition coefficient (Wildman–Crippen LogP) is 7.92. The fraction of sp³-hybridized carbons (Fsp3) is 0.188. The van der Waals surface area contributed by atoms with E-state index in [2.05, 4.69) is 14.8 Å². The van der Waals surface area contributed by atoms with Gasteiger partial charge in [-0.1, -0.05) is 42.5 Å². The molecule has 0 aliphatic carbocycles. The topological polar surface area (TPSA) is 64.6 Å². The van der Waals surface area contributed by atoms with E-state index in [9.17, 15) is 44.7 Å². The van der Waals surface area contributed by atoms with E-state index in [1.807, 2.05) is 0 Å². The lowest BCUT2D eigenvalue weighted by Gasteiger charge is -2.37. The summed E-state index contributed by atoms with van der Waals surface area (Å²) in [7, 11) is 1.11. The molecule has 0 aliphatic rings. The minimum atomic E-state index is -5.18. The van der Waals surface area contributed by atoms with Crippen molar-refractivity contribution in [1.29, 1.82) is 0 Å². The van der Waals surface area contributed by atoms with Crippen LogP contribution >= 0.6 is 0 Å². The summed E-state index contributed by atoms with van der Waals surface area (Å²) in [6.07, 6.45) is -14.9. The second-order valence-corrected chi connectivity index (χ2v) is 9.92. The van der Waals surface area contributed by atoms with Crippen molar-refractivity contribution in [2.45, 2.75) is 30.7 Å². The molecule has 0 spiro atoms. The van der Waals surface area contributed by atoms with Crippen LogP contribution in [0.1, 0.15) is 43.0 Å². The summed E-state index contributed by atoms with van der Waals surface area (Å²) in [5.41, 5.74) is -4.41. The average Bonchev–Trinajstić information content (AvgIpc) is 3.00. The fourth-order valence-corrected chi connectivity index (χ4v) is 4.69. The molecule has 0 heterocycles. The maximum Gasteiger partial charge on any atom is 0.461 e. The van der Waals surface area contributed by atoms with Crippen LogP contribution in [0.15, 0.2) is 91.0 Å². The predicted molar refractivity (Wildman–Crippen MR) is 146 cm³/mol. The number of esters is 1. The van der Waals surface area contributed by atoms with Gasteiger partial charge >= 0.3 is 24.7 Å². The zero-order chi connectivity index (χ0) is 33.9. The number of hydrogen-bond donors (Lipinski definition) is 1. The first-order valence-corrected chi connectivity index (χ1v) is 13.1. The van der Waals surface area contributed by atoms with Gasteiger partial charge in [-0.05, 0) is 59.2 Å². The van der Waals surface area contributed by atoms with Gasteiger partial charge in [0.15, 0.2) is 0 Å². The molecule has 0 aromatic heterocycles. The van der Waals surface area contributed by atoms with E-state index in [4.69, 9.17) is 0 Å². The van der Waals surface area contributed by atoms with Gasteiger partial charge < -0.3 is 14.8 Å². The molecule has 4 rings (SSSR count). The number of halogens is 9. The molecule has 0 saturated heterocycles. The Morgan fingerprint density at radius 3 is 2.00 bits per heavy atom. The van der Waals surface area contributed by atoms with Gasteiger partial charge in [-0.3, -0.25) is 4.79 Å². The second kappa shape index (κ2) is 13.2. The van der Waals surface area contributed by atoms with Crippen molar-refractivity contribution in [1.82, 2.24) is 5.32 Å². The molecule has 0 fully saturated rings. The van der Waals surface area contributed by atoms with Crippen molar-refractivity contribution >= 4 is 11.9 Å². The Labute approximate surface area is 255 Å². The number of hydrogen-bond acceptors (Lipinski definition) is 4. The Kier molecular flexibility index (Phi) is 9.68. The zero-order valence-corrected chi connectivity index (χ0v) is 23.5. The Hall–Kier alpha value is -5.01. The van der Waals surface area contributed by atoms with Gasteiger partial charge in [-0.25, -0.2) is 13.6 Å². The summed E-state index contributed by atoms with van der Waals surface area (Å²) in [6, 6.07) is 16.3. The third-order valence-corrected chi connectivity index (χ3v) is 6.84. The first kappa shape index (κ1) is 33.9. The van der Waals surface area contributed by atoms with E-state index in [1.165, 1.54) is 24.3 Å². The zero-order valence-electron chi connectivity index (χ0n) is 23.5. The average molecular weight is 656 g/mol. The molecule has 1 atom stereocenters.